The zero-order valence-corrected chi connectivity index (χ0v) is 10.5. The molecule has 0 aliphatic heterocycles. The topological polar surface area (TPSA) is 75.1 Å². The Morgan fingerprint density at radius 2 is 2.20 bits per heavy atom. The van der Waals surface area contributed by atoms with Crippen molar-refractivity contribution in [2.45, 2.75) is 6.42 Å². The number of aromatic nitrogens is 4. The van der Waals surface area contributed by atoms with Crippen molar-refractivity contribution in [3.63, 3.8) is 0 Å². The summed E-state index contributed by atoms with van der Waals surface area (Å²) in [6.45, 7) is 0.592. The molecule has 3 aromatic rings. The first-order chi connectivity index (χ1) is 9.72. The SMILES string of the molecule is O=c1[nH]nc2ccc(NCCc3cccc(F)c3)nn12. The molecule has 0 radical (unpaired) electrons. The lowest BCUT2D eigenvalue weighted by atomic mass is 10.1. The highest BCUT2D eigenvalue weighted by Crippen LogP contribution is 2.06. The molecule has 0 fully saturated rings. The Morgan fingerprint density at radius 3 is 3.05 bits per heavy atom. The second-order valence-electron chi connectivity index (χ2n) is 4.32. The molecule has 102 valence electrons. The molecule has 0 unspecified atom stereocenters. The van der Waals surface area contributed by atoms with Crippen LogP contribution in [0.1, 0.15) is 5.56 Å². The van der Waals surface area contributed by atoms with Crippen LogP contribution in [0.25, 0.3) is 5.65 Å². The third-order valence-corrected chi connectivity index (χ3v) is 2.88. The van der Waals surface area contributed by atoms with Crippen LogP contribution in [-0.4, -0.2) is 26.4 Å². The Bertz CT molecular complexity index is 795. The summed E-state index contributed by atoms with van der Waals surface area (Å²) in [5.74, 6) is 0.324. The molecule has 7 heteroatoms. The third kappa shape index (κ3) is 2.51. The number of benzene rings is 1. The molecule has 2 aromatic heterocycles. The van der Waals surface area contributed by atoms with Crippen LogP contribution in [0.3, 0.4) is 0 Å². The van der Waals surface area contributed by atoms with Crippen molar-refractivity contribution >= 4 is 11.5 Å². The molecular formula is C13H12FN5O. The predicted molar refractivity (Wildman–Crippen MR) is 72.2 cm³/mol. The van der Waals surface area contributed by atoms with Gasteiger partial charge in [0.1, 0.15) is 11.6 Å². The Labute approximate surface area is 113 Å². The summed E-state index contributed by atoms with van der Waals surface area (Å²) < 4.78 is 14.2. The molecule has 6 nitrogen and oxygen atoms in total. The van der Waals surface area contributed by atoms with Gasteiger partial charge in [0, 0.05) is 6.54 Å². The number of halogens is 1. The van der Waals surface area contributed by atoms with Gasteiger partial charge in [-0.15, -0.1) is 5.10 Å². The molecular weight excluding hydrogens is 261 g/mol. The summed E-state index contributed by atoms with van der Waals surface area (Å²) in [6.07, 6.45) is 0.664. The molecule has 20 heavy (non-hydrogen) atoms. The van der Waals surface area contributed by atoms with Crippen LogP contribution in [0.2, 0.25) is 0 Å². The van der Waals surface area contributed by atoms with Crippen LogP contribution < -0.4 is 11.0 Å². The van der Waals surface area contributed by atoms with E-state index in [2.05, 4.69) is 20.6 Å². The summed E-state index contributed by atoms with van der Waals surface area (Å²) >= 11 is 0. The van der Waals surface area contributed by atoms with Crippen molar-refractivity contribution in [2.24, 2.45) is 0 Å². The van der Waals surface area contributed by atoms with Crippen molar-refractivity contribution in [3.05, 3.63) is 58.3 Å². The van der Waals surface area contributed by atoms with Crippen molar-refractivity contribution in [1.82, 2.24) is 19.8 Å². The van der Waals surface area contributed by atoms with Gasteiger partial charge >= 0.3 is 5.69 Å². The Morgan fingerprint density at radius 1 is 1.30 bits per heavy atom. The van der Waals surface area contributed by atoms with Crippen LogP contribution in [0.4, 0.5) is 10.2 Å². The van der Waals surface area contributed by atoms with Gasteiger partial charge in [0.25, 0.3) is 0 Å². The van der Waals surface area contributed by atoms with Crippen LogP contribution in [0.15, 0.2) is 41.2 Å². The monoisotopic (exact) mass is 273 g/mol. The smallest absolute Gasteiger partial charge is 0.364 e. The van der Waals surface area contributed by atoms with Gasteiger partial charge in [0.05, 0.1) is 0 Å². The number of anilines is 1. The number of nitrogens with zero attached hydrogens (tertiary/aromatic N) is 3. The molecule has 0 aliphatic rings. The van der Waals surface area contributed by atoms with E-state index in [1.54, 1.807) is 18.2 Å². The maximum absolute atomic E-state index is 13.0. The summed E-state index contributed by atoms with van der Waals surface area (Å²) in [5, 5.41) is 13.3. The molecule has 0 atom stereocenters. The van der Waals surface area contributed by atoms with Gasteiger partial charge in [-0.05, 0) is 36.2 Å². The number of aromatic amines is 1. The lowest BCUT2D eigenvalue weighted by molar-refractivity contribution is 0.625. The van der Waals surface area contributed by atoms with Crippen LogP contribution in [0.5, 0.6) is 0 Å². The first-order valence-electron chi connectivity index (χ1n) is 6.15. The van der Waals surface area contributed by atoms with Crippen LogP contribution in [-0.2, 0) is 6.42 Å². The fraction of sp³-hybridized carbons (Fsp3) is 0.154. The van der Waals surface area contributed by atoms with Crippen molar-refractivity contribution in [2.75, 3.05) is 11.9 Å². The fourth-order valence-electron chi connectivity index (χ4n) is 1.92. The lowest BCUT2D eigenvalue weighted by Crippen LogP contribution is -2.14. The summed E-state index contributed by atoms with van der Waals surface area (Å²) in [5.41, 5.74) is 0.985. The van der Waals surface area contributed by atoms with E-state index in [0.717, 1.165) is 5.56 Å². The summed E-state index contributed by atoms with van der Waals surface area (Å²) in [7, 11) is 0. The second-order valence-corrected chi connectivity index (χ2v) is 4.32. The maximum atomic E-state index is 13.0. The molecule has 2 heterocycles. The molecule has 3 rings (SSSR count). The van der Waals surface area contributed by atoms with Gasteiger partial charge in [0.15, 0.2) is 5.65 Å². The van der Waals surface area contributed by atoms with Crippen LogP contribution in [0, 0.1) is 5.82 Å². The van der Waals surface area contributed by atoms with Gasteiger partial charge in [-0.1, -0.05) is 12.1 Å². The van der Waals surface area contributed by atoms with E-state index >= 15 is 0 Å². The van der Waals surface area contributed by atoms with Crippen LogP contribution >= 0.6 is 0 Å². The van der Waals surface area contributed by atoms with Gasteiger partial charge in [-0.25, -0.2) is 14.3 Å². The number of nitrogens with one attached hydrogen (secondary N) is 2. The normalized spacial score (nSPS) is 10.8. The van der Waals surface area contributed by atoms with Gasteiger partial charge in [-0.3, -0.25) is 0 Å². The molecule has 0 saturated heterocycles. The zero-order chi connectivity index (χ0) is 13.9. The minimum absolute atomic E-state index is 0.244. The van der Waals surface area contributed by atoms with Gasteiger partial charge in [-0.2, -0.15) is 9.61 Å². The Hall–Kier alpha value is -2.70. The summed E-state index contributed by atoms with van der Waals surface area (Å²) in [4.78, 5) is 11.4. The molecule has 0 saturated carbocycles. The minimum Gasteiger partial charge on any atom is -0.368 e. The number of H-pyrrole nitrogens is 1. The zero-order valence-electron chi connectivity index (χ0n) is 10.5. The standard InChI is InChI=1S/C13H12FN5O/c14-10-3-1-2-9(8-10)6-7-15-11-4-5-12-16-17-13(20)19(12)18-11/h1-5,8H,6-7H2,(H,15,18)(H,17,20). The van der Waals surface area contributed by atoms with Crippen molar-refractivity contribution < 1.29 is 4.39 Å². The largest absolute Gasteiger partial charge is 0.368 e. The molecule has 1 aromatic carbocycles. The lowest BCUT2D eigenvalue weighted by Gasteiger charge is -2.05. The Balaban J connectivity index is 1.68. The van der Waals surface area contributed by atoms with E-state index < -0.39 is 0 Å². The third-order valence-electron chi connectivity index (χ3n) is 2.88. The maximum Gasteiger partial charge on any atom is 0.364 e. The van der Waals surface area contributed by atoms with Gasteiger partial charge in [0.2, 0.25) is 0 Å². The highest BCUT2D eigenvalue weighted by atomic mass is 19.1. The van der Waals surface area contributed by atoms with E-state index in [1.807, 2.05) is 6.07 Å². The fourth-order valence-corrected chi connectivity index (χ4v) is 1.92. The first kappa shape index (κ1) is 12.3. The van der Waals surface area contributed by atoms with E-state index in [-0.39, 0.29) is 11.5 Å². The second kappa shape index (κ2) is 5.12. The highest BCUT2D eigenvalue weighted by molar-refractivity contribution is 5.43. The number of fused-ring (bicyclic) bond motifs is 1. The van der Waals surface area contributed by atoms with E-state index in [9.17, 15) is 9.18 Å². The molecule has 0 amide bonds. The highest BCUT2D eigenvalue weighted by Gasteiger charge is 2.02. The quantitative estimate of drug-likeness (QED) is 0.749. The molecule has 2 N–H and O–H groups in total. The molecule has 0 aliphatic carbocycles. The molecule has 0 bridgehead atoms. The van der Waals surface area contributed by atoms with E-state index in [1.165, 1.54) is 16.6 Å². The Kier molecular flexibility index (Phi) is 3.16. The first-order valence-corrected chi connectivity index (χ1v) is 6.15. The minimum atomic E-state index is -0.381. The van der Waals surface area contributed by atoms with E-state index in [4.69, 9.17) is 0 Å². The van der Waals surface area contributed by atoms with Gasteiger partial charge < -0.3 is 5.32 Å². The number of hydrogen-bond donors (Lipinski definition) is 2. The summed E-state index contributed by atoms with van der Waals surface area (Å²) in [6, 6.07) is 9.88. The predicted octanol–water partition coefficient (Wildman–Crippen LogP) is 1.21. The average Bonchev–Trinajstić information content (AvgIpc) is 2.80. The molecule has 0 spiro atoms. The van der Waals surface area contributed by atoms with Crippen molar-refractivity contribution in [1.29, 1.82) is 0 Å². The van der Waals surface area contributed by atoms with E-state index in [0.29, 0.717) is 24.4 Å². The number of hydrogen-bond acceptors (Lipinski definition) is 4. The average molecular weight is 273 g/mol. The number of rotatable bonds is 4. The van der Waals surface area contributed by atoms with Crippen molar-refractivity contribution in [3.8, 4) is 0 Å².